The number of benzene rings is 1. The summed E-state index contributed by atoms with van der Waals surface area (Å²) in [6.45, 7) is 1.51. The molecule has 0 amide bonds. The second-order valence-corrected chi connectivity index (χ2v) is 4.04. The second kappa shape index (κ2) is 4.45. The molecule has 0 aliphatic heterocycles. The van der Waals surface area contributed by atoms with E-state index in [0.29, 0.717) is 6.61 Å². The lowest BCUT2D eigenvalue weighted by atomic mass is 10.2. The van der Waals surface area contributed by atoms with E-state index in [4.69, 9.17) is 4.74 Å². The van der Waals surface area contributed by atoms with Gasteiger partial charge in [-0.2, -0.15) is 0 Å². The zero-order valence-electron chi connectivity index (χ0n) is 9.53. The maximum atomic E-state index is 9.53. The molecule has 0 atom stereocenters. The molecular weight excluding hydrogens is 204 g/mol. The number of nitrogens with zero attached hydrogens (tertiary/aromatic N) is 1. The molecule has 0 saturated heterocycles. The van der Waals surface area contributed by atoms with Crippen molar-refractivity contribution in [2.75, 3.05) is 27.2 Å². The summed E-state index contributed by atoms with van der Waals surface area (Å²) in [4.78, 5) is 4.83. The van der Waals surface area contributed by atoms with E-state index in [1.807, 2.05) is 32.3 Å². The number of likely N-dealkylation sites (N-methyl/N-ethyl adjacent to an activating group) is 1. The van der Waals surface area contributed by atoms with Gasteiger partial charge in [0.1, 0.15) is 12.4 Å². The average molecular weight is 220 g/mol. The van der Waals surface area contributed by atoms with Gasteiger partial charge in [-0.25, -0.2) is 0 Å². The van der Waals surface area contributed by atoms with Crippen LogP contribution in [0.15, 0.2) is 24.4 Å². The van der Waals surface area contributed by atoms with Crippen LogP contribution < -0.4 is 4.74 Å². The SMILES string of the molecule is CN(C)CCOc1ccc2c[nH]c(O)c2c1. The smallest absolute Gasteiger partial charge is 0.196 e. The molecule has 0 saturated carbocycles. The van der Waals surface area contributed by atoms with Gasteiger partial charge in [0.25, 0.3) is 0 Å². The molecule has 0 spiro atoms. The maximum Gasteiger partial charge on any atom is 0.196 e. The van der Waals surface area contributed by atoms with Crippen molar-refractivity contribution in [1.29, 1.82) is 0 Å². The number of aromatic hydroxyl groups is 1. The van der Waals surface area contributed by atoms with Crippen molar-refractivity contribution in [3.8, 4) is 11.6 Å². The average Bonchev–Trinajstić information content (AvgIpc) is 2.60. The molecule has 86 valence electrons. The molecule has 0 radical (unpaired) electrons. The third-order valence-corrected chi connectivity index (χ3v) is 2.45. The molecule has 0 unspecified atom stereocenters. The first-order chi connectivity index (χ1) is 7.66. The summed E-state index contributed by atoms with van der Waals surface area (Å²) in [7, 11) is 4.01. The van der Waals surface area contributed by atoms with Gasteiger partial charge in [0, 0.05) is 23.5 Å². The van der Waals surface area contributed by atoms with Gasteiger partial charge in [-0.1, -0.05) is 0 Å². The Morgan fingerprint density at radius 1 is 1.38 bits per heavy atom. The minimum atomic E-state index is 0.188. The van der Waals surface area contributed by atoms with Gasteiger partial charge in [-0.15, -0.1) is 0 Å². The molecule has 0 bridgehead atoms. The summed E-state index contributed by atoms with van der Waals surface area (Å²) < 4.78 is 5.58. The van der Waals surface area contributed by atoms with Crippen LogP contribution in [0.1, 0.15) is 0 Å². The Hall–Kier alpha value is -1.68. The quantitative estimate of drug-likeness (QED) is 0.826. The van der Waals surface area contributed by atoms with E-state index in [9.17, 15) is 5.11 Å². The van der Waals surface area contributed by atoms with E-state index < -0.39 is 0 Å². The van der Waals surface area contributed by atoms with Crippen LogP contribution in [-0.2, 0) is 0 Å². The largest absolute Gasteiger partial charge is 0.494 e. The van der Waals surface area contributed by atoms with Crippen molar-refractivity contribution in [2.45, 2.75) is 0 Å². The summed E-state index contributed by atoms with van der Waals surface area (Å²) in [6, 6.07) is 5.68. The van der Waals surface area contributed by atoms with Crippen LogP contribution >= 0.6 is 0 Å². The molecule has 16 heavy (non-hydrogen) atoms. The van der Waals surface area contributed by atoms with Gasteiger partial charge in [-0.3, -0.25) is 0 Å². The van der Waals surface area contributed by atoms with E-state index in [-0.39, 0.29) is 5.88 Å². The summed E-state index contributed by atoms with van der Waals surface area (Å²) in [5.41, 5.74) is 0. The third kappa shape index (κ3) is 2.28. The Kier molecular flexibility index (Phi) is 3.01. The lowest BCUT2D eigenvalue weighted by molar-refractivity contribution is 0.261. The number of nitrogens with one attached hydrogen (secondary N) is 1. The maximum absolute atomic E-state index is 9.53. The number of fused-ring (bicyclic) bond motifs is 1. The molecule has 4 nitrogen and oxygen atoms in total. The first-order valence-corrected chi connectivity index (χ1v) is 5.24. The standard InChI is InChI=1S/C12H16N2O2/c1-14(2)5-6-16-10-4-3-9-8-13-12(15)11(9)7-10/h3-4,7-8,13,15H,5-6H2,1-2H3. The molecule has 0 aliphatic rings. The van der Waals surface area contributed by atoms with Crippen molar-refractivity contribution >= 4 is 10.8 Å². The Morgan fingerprint density at radius 3 is 2.94 bits per heavy atom. The minimum absolute atomic E-state index is 0.188. The number of ether oxygens (including phenoxy) is 1. The van der Waals surface area contributed by atoms with Crippen LogP contribution in [0.5, 0.6) is 11.6 Å². The molecule has 2 aromatic rings. The van der Waals surface area contributed by atoms with Crippen LogP contribution in [-0.4, -0.2) is 42.2 Å². The molecule has 0 fully saturated rings. The summed E-state index contributed by atoms with van der Waals surface area (Å²) in [5, 5.41) is 11.3. The molecular formula is C12H16N2O2. The number of hydrogen-bond donors (Lipinski definition) is 2. The third-order valence-electron chi connectivity index (χ3n) is 2.45. The Bertz CT molecular complexity index is 477. The zero-order chi connectivity index (χ0) is 11.5. The lowest BCUT2D eigenvalue weighted by Crippen LogP contribution is -2.19. The van der Waals surface area contributed by atoms with Crippen molar-refractivity contribution in [2.24, 2.45) is 0 Å². The topological polar surface area (TPSA) is 48.5 Å². The highest BCUT2D eigenvalue weighted by atomic mass is 16.5. The summed E-state index contributed by atoms with van der Waals surface area (Å²) >= 11 is 0. The molecule has 4 heteroatoms. The highest BCUT2D eigenvalue weighted by Crippen LogP contribution is 2.27. The number of hydrogen-bond acceptors (Lipinski definition) is 3. The van der Waals surface area contributed by atoms with Gasteiger partial charge >= 0.3 is 0 Å². The van der Waals surface area contributed by atoms with Crippen molar-refractivity contribution in [1.82, 2.24) is 9.88 Å². The lowest BCUT2D eigenvalue weighted by Gasteiger charge is -2.10. The first kappa shape index (κ1) is 10.8. The van der Waals surface area contributed by atoms with Crippen LogP contribution in [0, 0.1) is 0 Å². The predicted molar refractivity (Wildman–Crippen MR) is 64.0 cm³/mol. The number of aromatic nitrogens is 1. The Labute approximate surface area is 94.4 Å². The minimum Gasteiger partial charge on any atom is -0.494 e. The van der Waals surface area contributed by atoms with Gasteiger partial charge < -0.3 is 19.7 Å². The van der Waals surface area contributed by atoms with E-state index in [1.165, 1.54) is 0 Å². The van der Waals surface area contributed by atoms with Crippen molar-refractivity contribution in [3.05, 3.63) is 24.4 Å². The van der Waals surface area contributed by atoms with Crippen LogP contribution in [0.3, 0.4) is 0 Å². The number of rotatable bonds is 4. The Balaban J connectivity index is 2.10. The zero-order valence-corrected chi connectivity index (χ0v) is 9.53. The number of H-pyrrole nitrogens is 1. The molecule has 1 aromatic heterocycles. The first-order valence-electron chi connectivity index (χ1n) is 5.24. The normalized spacial score (nSPS) is 11.2. The van der Waals surface area contributed by atoms with Gasteiger partial charge in [-0.05, 0) is 32.3 Å². The predicted octanol–water partition coefficient (Wildman–Crippen LogP) is 1.81. The highest BCUT2D eigenvalue weighted by molar-refractivity contribution is 5.88. The fourth-order valence-corrected chi connectivity index (χ4v) is 1.53. The van der Waals surface area contributed by atoms with Crippen LogP contribution in [0.2, 0.25) is 0 Å². The van der Waals surface area contributed by atoms with Crippen molar-refractivity contribution in [3.63, 3.8) is 0 Å². The summed E-state index contributed by atoms with van der Waals surface area (Å²) in [6.07, 6.45) is 1.77. The second-order valence-electron chi connectivity index (χ2n) is 4.04. The highest BCUT2D eigenvalue weighted by Gasteiger charge is 2.03. The van der Waals surface area contributed by atoms with E-state index >= 15 is 0 Å². The monoisotopic (exact) mass is 220 g/mol. The fraction of sp³-hybridized carbons (Fsp3) is 0.333. The van der Waals surface area contributed by atoms with Gasteiger partial charge in [0.05, 0.1) is 0 Å². The van der Waals surface area contributed by atoms with E-state index in [0.717, 1.165) is 23.1 Å². The fourth-order valence-electron chi connectivity index (χ4n) is 1.53. The molecule has 0 aliphatic carbocycles. The number of aromatic amines is 1. The molecule has 2 rings (SSSR count). The van der Waals surface area contributed by atoms with Crippen molar-refractivity contribution < 1.29 is 9.84 Å². The van der Waals surface area contributed by atoms with Crippen LogP contribution in [0.25, 0.3) is 10.8 Å². The molecule has 2 N–H and O–H groups in total. The van der Waals surface area contributed by atoms with E-state index in [2.05, 4.69) is 9.88 Å². The molecule has 1 heterocycles. The van der Waals surface area contributed by atoms with Gasteiger partial charge in [0.15, 0.2) is 5.88 Å². The summed E-state index contributed by atoms with van der Waals surface area (Å²) in [5.74, 6) is 0.970. The Morgan fingerprint density at radius 2 is 2.19 bits per heavy atom. The molecule has 1 aromatic carbocycles. The van der Waals surface area contributed by atoms with Crippen LogP contribution in [0.4, 0.5) is 0 Å². The van der Waals surface area contributed by atoms with E-state index in [1.54, 1.807) is 6.20 Å². The van der Waals surface area contributed by atoms with Gasteiger partial charge in [0.2, 0.25) is 0 Å².